The third-order valence-corrected chi connectivity index (χ3v) is 5.38. The fourth-order valence-corrected chi connectivity index (χ4v) is 3.43. The summed E-state index contributed by atoms with van der Waals surface area (Å²) < 4.78 is 26.2. The Kier molecular flexibility index (Phi) is 3.64. The normalized spacial score (nSPS) is 17.8. The lowest BCUT2D eigenvalue weighted by Crippen LogP contribution is -2.50. The number of hydrogen-bond donors (Lipinski definition) is 0. The van der Waals surface area contributed by atoms with Crippen molar-refractivity contribution in [1.29, 1.82) is 0 Å². The molecule has 1 aromatic rings. The number of sulfonamides is 1. The van der Waals surface area contributed by atoms with Crippen LogP contribution in [0.1, 0.15) is 11.1 Å². The molecule has 1 aliphatic rings. The summed E-state index contributed by atoms with van der Waals surface area (Å²) in [4.78, 5) is 13.4. The van der Waals surface area contributed by atoms with Crippen LogP contribution < -0.4 is 0 Å². The van der Waals surface area contributed by atoms with E-state index in [0.717, 1.165) is 11.1 Å². The zero-order valence-electron chi connectivity index (χ0n) is 11.4. The highest BCUT2D eigenvalue weighted by molar-refractivity contribution is 7.89. The molecule has 0 aliphatic carbocycles. The van der Waals surface area contributed by atoms with Crippen LogP contribution in [0.25, 0.3) is 0 Å². The van der Waals surface area contributed by atoms with Gasteiger partial charge in [0.25, 0.3) is 0 Å². The molecule has 0 N–H and O–H groups in total. The second-order valence-electron chi connectivity index (χ2n) is 4.90. The maximum atomic E-state index is 12.5. The van der Waals surface area contributed by atoms with E-state index in [4.69, 9.17) is 0 Å². The molecule has 0 atom stereocenters. The fraction of sp³-hybridized carbons (Fsp3) is 0.462. The van der Waals surface area contributed by atoms with Gasteiger partial charge in [0.2, 0.25) is 15.9 Å². The zero-order valence-corrected chi connectivity index (χ0v) is 12.2. The van der Waals surface area contributed by atoms with Crippen molar-refractivity contribution in [3.8, 4) is 0 Å². The molecule has 1 heterocycles. The number of hydrogen-bond acceptors (Lipinski definition) is 3. The van der Waals surface area contributed by atoms with Crippen molar-refractivity contribution in [3.63, 3.8) is 0 Å². The molecule has 1 fully saturated rings. The number of benzene rings is 1. The predicted molar refractivity (Wildman–Crippen MR) is 72.3 cm³/mol. The van der Waals surface area contributed by atoms with Crippen LogP contribution in [-0.4, -0.2) is 50.2 Å². The van der Waals surface area contributed by atoms with Crippen LogP contribution >= 0.6 is 0 Å². The van der Waals surface area contributed by atoms with Gasteiger partial charge in [0.15, 0.2) is 0 Å². The first kappa shape index (κ1) is 14.0. The van der Waals surface area contributed by atoms with E-state index in [2.05, 4.69) is 0 Å². The van der Waals surface area contributed by atoms with Gasteiger partial charge in [0, 0.05) is 20.1 Å². The Morgan fingerprint density at radius 3 is 2.37 bits per heavy atom. The molecular formula is C13H18N2O3S. The van der Waals surface area contributed by atoms with Crippen molar-refractivity contribution in [3.05, 3.63) is 29.3 Å². The van der Waals surface area contributed by atoms with Crippen LogP contribution in [0.2, 0.25) is 0 Å². The Bertz CT molecular complexity index is 610. The number of aryl methyl sites for hydroxylation is 2. The maximum Gasteiger partial charge on any atom is 0.243 e. The minimum Gasteiger partial charge on any atom is -0.343 e. The Hall–Kier alpha value is -1.40. The maximum absolute atomic E-state index is 12.5. The second kappa shape index (κ2) is 4.94. The van der Waals surface area contributed by atoms with Crippen molar-refractivity contribution in [2.24, 2.45) is 0 Å². The third kappa shape index (κ3) is 2.64. The topological polar surface area (TPSA) is 57.7 Å². The molecule has 1 aliphatic heterocycles. The summed E-state index contributed by atoms with van der Waals surface area (Å²) in [5.74, 6) is -0.168. The van der Waals surface area contributed by atoms with Gasteiger partial charge in [-0.25, -0.2) is 8.42 Å². The molecule has 104 valence electrons. The van der Waals surface area contributed by atoms with Gasteiger partial charge in [-0.3, -0.25) is 4.79 Å². The number of nitrogens with zero attached hydrogens (tertiary/aromatic N) is 2. The van der Waals surface area contributed by atoms with Crippen molar-refractivity contribution in [2.75, 3.05) is 26.7 Å². The summed E-state index contributed by atoms with van der Waals surface area (Å²) in [7, 11) is -1.89. The molecule has 0 bridgehead atoms. The zero-order chi connectivity index (χ0) is 14.2. The summed E-state index contributed by atoms with van der Waals surface area (Å²) in [6.45, 7) is 4.51. The van der Waals surface area contributed by atoms with Gasteiger partial charge in [-0.05, 0) is 37.1 Å². The molecule has 6 heteroatoms. The number of carbonyl (C=O) groups excluding carboxylic acids is 1. The van der Waals surface area contributed by atoms with E-state index >= 15 is 0 Å². The summed E-state index contributed by atoms with van der Waals surface area (Å²) in [6.07, 6.45) is 0. The van der Waals surface area contributed by atoms with Crippen LogP contribution in [0.3, 0.4) is 0 Å². The number of likely N-dealkylation sites (N-methyl/N-ethyl adjacent to an activating group) is 1. The lowest BCUT2D eigenvalue weighted by Gasteiger charge is -2.31. The molecule has 5 nitrogen and oxygen atoms in total. The molecule has 0 aromatic heterocycles. The molecule has 1 saturated heterocycles. The van der Waals surface area contributed by atoms with Crippen LogP contribution in [0.4, 0.5) is 0 Å². The molecule has 1 amide bonds. The van der Waals surface area contributed by atoms with Crippen LogP contribution in [0.5, 0.6) is 0 Å². The molecule has 0 spiro atoms. The van der Waals surface area contributed by atoms with E-state index in [1.165, 1.54) is 4.31 Å². The average Bonchev–Trinajstić information content (AvgIpc) is 2.35. The van der Waals surface area contributed by atoms with Gasteiger partial charge in [-0.2, -0.15) is 4.31 Å². The first-order valence-electron chi connectivity index (χ1n) is 6.14. The van der Waals surface area contributed by atoms with Gasteiger partial charge >= 0.3 is 0 Å². The lowest BCUT2D eigenvalue weighted by molar-refractivity contribution is -0.132. The van der Waals surface area contributed by atoms with Gasteiger partial charge < -0.3 is 4.90 Å². The molecule has 2 rings (SSSR count). The number of piperazine rings is 1. The molecule has 19 heavy (non-hydrogen) atoms. The van der Waals surface area contributed by atoms with Crippen molar-refractivity contribution in [1.82, 2.24) is 9.21 Å². The Morgan fingerprint density at radius 1 is 1.11 bits per heavy atom. The number of amides is 1. The van der Waals surface area contributed by atoms with E-state index in [1.807, 2.05) is 13.8 Å². The average molecular weight is 282 g/mol. The van der Waals surface area contributed by atoms with E-state index in [1.54, 1.807) is 30.1 Å². The summed E-state index contributed by atoms with van der Waals surface area (Å²) in [5.41, 5.74) is 1.98. The predicted octanol–water partition coefficient (Wildman–Crippen LogP) is 0.766. The summed E-state index contributed by atoms with van der Waals surface area (Å²) >= 11 is 0. The summed E-state index contributed by atoms with van der Waals surface area (Å²) in [5, 5.41) is 0. The SMILES string of the molecule is Cc1ccc(S(=O)(=O)N2CCN(C)C(=O)C2)cc1C. The molecule has 1 aromatic carbocycles. The smallest absolute Gasteiger partial charge is 0.243 e. The summed E-state index contributed by atoms with van der Waals surface area (Å²) in [6, 6.07) is 5.05. The third-order valence-electron chi connectivity index (χ3n) is 3.54. The Labute approximate surface area is 113 Å². The lowest BCUT2D eigenvalue weighted by atomic mass is 10.1. The van der Waals surface area contributed by atoms with E-state index in [0.29, 0.717) is 13.1 Å². The highest BCUT2D eigenvalue weighted by Gasteiger charge is 2.31. The quantitative estimate of drug-likeness (QED) is 0.805. The van der Waals surface area contributed by atoms with Crippen LogP contribution in [0.15, 0.2) is 23.1 Å². The van der Waals surface area contributed by atoms with Crippen molar-refractivity contribution in [2.45, 2.75) is 18.7 Å². The van der Waals surface area contributed by atoms with E-state index in [9.17, 15) is 13.2 Å². The Balaban J connectivity index is 2.32. The van der Waals surface area contributed by atoms with Gasteiger partial charge in [-0.1, -0.05) is 6.07 Å². The van der Waals surface area contributed by atoms with Crippen molar-refractivity contribution < 1.29 is 13.2 Å². The van der Waals surface area contributed by atoms with Crippen LogP contribution in [-0.2, 0) is 14.8 Å². The molecule has 0 saturated carbocycles. The van der Waals surface area contributed by atoms with Gasteiger partial charge in [0.05, 0.1) is 11.4 Å². The van der Waals surface area contributed by atoms with Crippen LogP contribution in [0, 0.1) is 13.8 Å². The first-order chi connectivity index (χ1) is 8.82. The minimum atomic E-state index is -3.57. The highest BCUT2D eigenvalue weighted by atomic mass is 32.2. The minimum absolute atomic E-state index is 0.0776. The molecular weight excluding hydrogens is 264 g/mol. The van der Waals surface area contributed by atoms with Gasteiger partial charge in [-0.15, -0.1) is 0 Å². The first-order valence-corrected chi connectivity index (χ1v) is 7.58. The van der Waals surface area contributed by atoms with Crippen molar-refractivity contribution >= 4 is 15.9 Å². The molecule has 0 unspecified atom stereocenters. The van der Waals surface area contributed by atoms with Gasteiger partial charge in [0.1, 0.15) is 0 Å². The second-order valence-corrected chi connectivity index (χ2v) is 6.84. The number of carbonyl (C=O) groups is 1. The standard InChI is InChI=1S/C13H18N2O3S/c1-10-4-5-12(8-11(10)2)19(17,18)15-7-6-14(3)13(16)9-15/h4-5,8H,6-7,9H2,1-3H3. The van der Waals surface area contributed by atoms with E-state index in [-0.39, 0.29) is 17.3 Å². The molecule has 0 radical (unpaired) electrons. The largest absolute Gasteiger partial charge is 0.343 e. The Morgan fingerprint density at radius 2 is 1.79 bits per heavy atom. The monoisotopic (exact) mass is 282 g/mol. The fourth-order valence-electron chi connectivity index (χ4n) is 1.97. The number of rotatable bonds is 2. The van der Waals surface area contributed by atoms with E-state index < -0.39 is 10.0 Å². The highest BCUT2D eigenvalue weighted by Crippen LogP contribution is 2.20.